The van der Waals surface area contributed by atoms with Crippen molar-refractivity contribution in [2.24, 2.45) is 0 Å². The van der Waals surface area contributed by atoms with Gasteiger partial charge < -0.3 is 10.1 Å². The van der Waals surface area contributed by atoms with Crippen LogP contribution in [0.3, 0.4) is 0 Å². The molecule has 0 aliphatic heterocycles. The van der Waals surface area contributed by atoms with E-state index in [1.165, 1.54) is 6.07 Å². The van der Waals surface area contributed by atoms with Crippen LogP contribution in [0, 0.1) is 12.7 Å². The fourth-order valence-electron chi connectivity index (χ4n) is 1.95. The third kappa shape index (κ3) is 4.45. The van der Waals surface area contributed by atoms with Crippen LogP contribution in [0.4, 0.5) is 4.39 Å². The molecule has 0 fully saturated rings. The Kier molecular flexibility index (Phi) is 5.59. The van der Waals surface area contributed by atoms with Gasteiger partial charge in [0.15, 0.2) is 11.6 Å². The Morgan fingerprint density at radius 3 is 2.67 bits per heavy atom. The maximum Gasteiger partial charge on any atom is 0.166 e. The van der Waals surface area contributed by atoms with Gasteiger partial charge in [-0.05, 0) is 55.3 Å². The fourth-order valence-corrected chi connectivity index (χ4v) is 2.11. The second kappa shape index (κ2) is 7.43. The Balaban J connectivity index is 2.12. The largest absolute Gasteiger partial charge is 0.453 e. The summed E-state index contributed by atoms with van der Waals surface area (Å²) >= 11 is 6.06. The summed E-state index contributed by atoms with van der Waals surface area (Å²) in [5, 5.41) is 3.70. The second-order valence-corrected chi connectivity index (χ2v) is 5.38. The van der Waals surface area contributed by atoms with E-state index in [0.29, 0.717) is 17.3 Å². The molecule has 0 unspecified atom stereocenters. The molecule has 0 spiro atoms. The van der Waals surface area contributed by atoms with Crippen molar-refractivity contribution in [2.75, 3.05) is 6.54 Å². The summed E-state index contributed by atoms with van der Waals surface area (Å²) in [6.07, 6.45) is 1.05. The highest BCUT2D eigenvalue weighted by atomic mass is 35.5. The average molecular weight is 308 g/mol. The summed E-state index contributed by atoms with van der Waals surface area (Å²) in [4.78, 5) is 0. The van der Waals surface area contributed by atoms with Gasteiger partial charge in [-0.3, -0.25) is 0 Å². The highest BCUT2D eigenvalue weighted by molar-refractivity contribution is 6.32. The third-order valence-corrected chi connectivity index (χ3v) is 3.37. The van der Waals surface area contributed by atoms with Crippen LogP contribution < -0.4 is 10.1 Å². The lowest BCUT2D eigenvalue weighted by Crippen LogP contribution is -2.13. The highest BCUT2D eigenvalue weighted by Gasteiger charge is 2.09. The van der Waals surface area contributed by atoms with E-state index in [0.717, 1.165) is 24.1 Å². The summed E-state index contributed by atoms with van der Waals surface area (Å²) in [6.45, 7) is 5.59. The molecule has 2 aromatic rings. The van der Waals surface area contributed by atoms with Crippen molar-refractivity contribution in [2.45, 2.75) is 26.8 Å². The van der Waals surface area contributed by atoms with Crippen molar-refractivity contribution in [3.8, 4) is 11.5 Å². The van der Waals surface area contributed by atoms with Crippen molar-refractivity contribution in [1.29, 1.82) is 0 Å². The van der Waals surface area contributed by atoms with E-state index < -0.39 is 0 Å². The zero-order chi connectivity index (χ0) is 15.2. The SMILES string of the molecule is CCCNCc1ccc(Oc2cc(C)ccc2Cl)c(F)c1. The molecule has 0 atom stereocenters. The Hall–Kier alpha value is -1.58. The molecule has 2 nitrogen and oxygen atoms in total. The molecular weight excluding hydrogens is 289 g/mol. The van der Waals surface area contributed by atoms with E-state index in [4.69, 9.17) is 16.3 Å². The minimum atomic E-state index is -0.386. The second-order valence-electron chi connectivity index (χ2n) is 4.98. The topological polar surface area (TPSA) is 21.3 Å². The van der Waals surface area contributed by atoms with Gasteiger partial charge in [0.25, 0.3) is 0 Å². The highest BCUT2D eigenvalue weighted by Crippen LogP contribution is 2.31. The lowest BCUT2D eigenvalue weighted by atomic mass is 10.2. The number of rotatable bonds is 6. The van der Waals surface area contributed by atoms with Gasteiger partial charge in [-0.1, -0.05) is 30.7 Å². The molecule has 0 aliphatic carbocycles. The summed E-state index contributed by atoms with van der Waals surface area (Å²) in [5.41, 5.74) is 1.90. The number of ether oxygens (including phenoxy) is 1. The number of aryl methyl sites for hydroxylation is 1. The van der Waals surface area contributed by atoms with Crippen LogP contribution in [0.25, 0.3) is 0 Å². The average Bonchev–Trinajstić information content (AvgIpc) is 2.46. The molecule has 21 heavy (non-hydrogen) atoms. The van der Waals surface area contributed by atoms with Crippen LogP contribution in [-0.4, -0.2) is 6.54 Å². The van der Waals surface area contributed by atoms with Crippen molar-refractivity contribution in [1.82, 2.24) is 5.32 Å². The van der Waals surface area contributed by atoms with Gasteiger partial charge in [0, 0.05) is 6.54 Å². The summed E-state index contributed by atoms with van der Waals surface area (Å²) < 4.78 is 19.7. The summed E-state index contributed by atoms with van der Waals surface area (Å²) in [5.74, 6) is 0.262. The molecule has 0 heterocycles. The molecule has 0 radical (unpaired) electrons. The van der Waals surface area contributed by atoms with Crippen LogP contribution in [-0.2, 0) is 6.54 Å². The van der Waals surface area contributed by atoms with E-state index in [9.17, 15) is 4.39 Å². The zero-order valence-corrected chi connectivity index (χ0v) is 13.0. The molecular formula is C17H19ClFNO. The zero-order valence-electron chi connectivity index (χ0n) is 12.2. The molecule has 0 amide bonds. The van der Waals surface area contributed by atoms with Crippen molar-refractivity contribution in [3.63, 3.8) is 0 Å². The maximum absolute atomic E-state index is 14.1. The fraction of sp³-hybridized carbons (Fsp3) is 0.294. The van der Waals surface area contributed by atoms with Gasteiger partial charge in [0.05, 0.1) is 5.02 Å². The normalized spacial score (nSPS) is 10.7. The quantitative estimate of drug-likeness (QED) is 0.751. The number of nitrogens with one attached hydrogen (secondary N) is 1. The van der Waals surface area contributed by atoms with Gasteiger partial charge in [0.1, 0.15) is 5.75 Å². The summed E-state index contributed by atoms with van der Waals surface area (Å²) in [7, 11) is 0. The van der Waals surface area contributed by atoms with E-state index >= 15 is 0 Å². The molecule has 0 bridgehead atoms. The van der Waals surface area contributed by atoms with E-state index in [1.54, 1.807) is 18.2 Å². The first-order chi connectivity index (χ1) is 10.1. The molecule has 2 rings (SSSR count). The number of hydrogen-bond donors (Lipinski definition) is 1. The van der Waals surface area contributed by atoms with E-state index in [1.807, 2.05) is 19.1 Å². The van der Waals surface area contributed by atoms with Crippen LogP contribution in [0.1, 0.15) is 24.5 Å². The van der Waals surface area contributed by atoms with Gasteiger partial charge in [-0.15, -0.1) is 0 Å². The van der Waals surface area contributed by atoms with Gasteiger partial charge in [-0.2, -0.15) is 0 Å². The Morgan fingerprint density at radius 1 is 1.14 bits per heavy atom. The van der Waals surface area contributed by atoms with Crippen molar-refractivity contribution in [3.05, 3.63) is 58.4 Å². The molecule has 0 saturated heterocycles. The van der Waals surface area contributed by atoms with Crippen molar-refractivity contribution < 1.29 is 9.13 Å². The molecule has 1 N–H and O–H groups in total. The van der Waals surface area contributed by atoms with Gasteiger partial charge in [-0.25, -0.2) is 4.39 Å². The third-order valence-electron chi connectivity index (χ3n) is 3.06. The number of hydrogen-bond acceptors (Lipinski definition) is 2. The standard InChI is InChI=1S/C17H19ClFNO/c1-3-8-20-11-13-5-7-16(15(19)10-13)21-17-9-12(2)4-6-14(17)18/h4-7,9-10,20H,3,8,11H2,1-2H3. The molecule has 0 saturated carbocycles. The Labute approximate surface area is 129 Å². The van der Waals surface area contributed by atoms with Gasteiger partial charge in [0.2, 0.25) is 0 Å². The first-order valence-electron chi connectivity index (χ1n) is 7.03. The molecule has 0 aliphatic rings. The van der Waals surface area contributed by atoms with Gasteiger partial charge >= 0.3 is 0 Å². The Morgan fingerprint density at radius 2 is 1.95 bits per heavy atom. The van der Waals surface area contributed by atoms with Crippen LogP contribution in [0.5, 0.6) is 11.5 Å². The number of halogens is 2. The predicted molar refractivity (Wildman–Crippen MR) is 84.7 cm³/mol. The molecule has 0 aromatic heterocycles. The van der Waals surface area contributed by atoms with E-state index in [-0.39, 0.29) is 11.6 Å². The molecule has 112 valence electrons. The first kappa shape index (κ1) is 15.8. The van der Waals surface area contributed by atoms with Crippen molar-refractivity contribution >= 4 is 11.6 Å². The monoisotopic (exact) mass is 307 g/mol. The predicted octanol–water partition coefficient (Wildman–Crippen LogP) is 5.08. The molecule has 4 heteroatoms. The van der Waals surface area contributed by atoms with Crippen LogP contribution >= 0.6 is 11.6 Å². The number of benzene rings is 2. The Bertz CT molecular complexity index is 616. The summed E-state index contributed by atoms with van der Waals surface area (Å²) in [6, 6.07) is 10.4. The minimum absolute atomic E-state index is 0.182. The van der Waals surface area contributed by atoms with Crippen LogP contribution in [0.2, 0.25) is 5.02 Å². The molecule has 2 aromatic carbocycles. The lowest BCUT2D eigenvalue weighted by Gasteiger charge is -2.10. The smallest absolute Gasteiger partial charge is 0.166 e. The lowest BCUT2D eigenvalue weighted by molar-refractivity contribution is 0.441. The van der Waals surface area contributed by atoms with Crippen LogP contribution in [0.15, 0.2) is 36.4 Å². The first-order valence-corrected chi connectivity index (χ1v) is 7.41. The van der Waals surface area contributed by atoms with E-state index in [2.05, 4.69) is 12.2 Å². The minimum Gasteiger partial charge on any atom is -0.453 e. The maximum atomic E-state index is 14.1.